The molecule has 20 heavy (non-hydrogen) atoms. The van der Waals surface area contributed by atoms with Gasteiger partial charge >= 0.3 is 0 Å². The number of hydrogen-bond donors (Lipinski definition) is 4. The Morgan fingerprint density at radius 3 is 2.55 bits per heavy atom. The first-order chi connectivity index (χ1) is 9.25. The number of nitrogens with two attached hydrogens (primary N) is 2. The normalized spacial score (nSPS) is 11.4. The SMILES string of the molecule is CC(C)(C)c1cc(CCC(=O)NCCN)cc(N)c1O. The first-order valence-electron chi connectivity index (χ1n) is 6.84. The van der Waals surface area contributed by atoms with Gasteiger partial charge in [-0.3, -0.25) is 4.79 Å². The lowest BCUT2D eigenvalue weighted by Gasteiger charge is -2.22. The Morgan fingerprint density at radius 2 is 2.00 bits per heavy atom. The highest BCUT2D eigenvalue weighted by Gasteiger charge is 2.20. The third-order valence-electron chi connectivity index (χ3n) is 3.11. The smallest absolute Gasteiger partial charge is 0.220 e. The molecule has 1 aromatic rings. The summed E-state index contributed by atoms with van der Waals surface area (Å²) in [6.07, 6.45) is 0.970. The molecule has 0 aliphatic carbocycles. The Labute approximate surface area is 120 Å². The monoisotopic (exact) mass is 279 g/mol. The molecule has 6 N–H and O–H groups in total. The van der Waals surface area contributed by atoms with E-state index in [-0.39, 0.29) is 17.1 Å². The highest BCUT2D eigenvalue weighted by Crippen LogP contribution is 2.36. The Hall–Kier alpha value is -1.75. The molecule has 1 aromatic carbocycles. The minimum atomic E-state index is -0.198. The number of nitrogen functional groups attached to an aromatic ring is 1. The van der Waals surface area contributed by atoms with Crippen LogP contribution in [0.25, 0.3) is 0 Å². The number of rotatable bonds is 5. The van der Waals surface area contributed by atoms with Crippen molar-refractivity contribution in [3.63, 3.8) is 0 Å². The van der Waals surface area contributed by atoms with E-state index in [1.165, 1.54) is 0 Å². The van der Waals surface area contributed by atoms with Gasteiger partial charge in [0.2, 0.25) is 5.91 Å². The van der Waals surface area contributed by atoms with Gasteiger partial charge in [-0.05, 0) is 23.5 Å². The molecule has 0 bridgehead atoms. The lowest BCUT2D eigenvalue weighted by Crippen LogP contribution is -2.29. The summed E-state index contributed by atoms with van der Waals surface area (Å²) in [4.78, 5) is 11.6. The summed E-state index contributed by atoms with van der Waals surface area (Å²) < 4.78 is 0. The molecule has 112 valence electrons. The fourth-order valence-corrected chi connectivity index (χ4v) is 1.99. The number of carbonyl (C=O) groups excluding carboxylic acids is 1. The standard InChI is InChI=1S/C15H25N3O2/c1-15(2,3)11-8-10(9-12(17)14(11)20)4-5-13(19)18-7-6-16/h8-9,20H,4-7,16-17H2,1-3H3,(H,18,19). The highest BCUT2D eigenvalue weighted by molar-refractivity contribution is 5.76. The Morgan fingerprint density at radius 1 is 1.35 bits per heavy atom. The summed E-state index contributed by atoms with van der Waals surface area (Å²) in [5.41, 5.74) is 13.1. The maximum atomic E-state index is 11.6. The number of hydrogen-bond acceptors (Lipinski definition) is 4. The van der Waals surface area contributed by atoms with Gasteiger partial charge in [-0.25, -0.2) is 0 Å². The summed E-state index contributed by atoms with van der Waals surface area (Å²) in [7, 11) is 0. The Balaban J connectivity index is 2.82. The molecule has 0 saturated heterocycles. The van der Waals surface area contributed by atoms with E-state index in [1.807, 2.05) is 26.8 Å². The molecule has 1 amide bonds. The molecule has 0 heterocycles. The van der Waals surface area contributed by atoms with Crippen LogP contribution >= 0.6 is 0 Å². The van der Waals surface area contributed by atoms with Gasteiger partial charge in [0.05, 0.1) is 5.69 Å². The second-order valence-corrected chi connectivity index (χ2v) is 5.97. The van der Waals surface area contributed by atoms with E-state index in [9.17, 15) is 9.90 Å². The van der Waals surface area contributed by atoms with Crippen molar-refractivity contribution in [1.82, 2.24) is 5.32 Å². The lowest BCUT2D eigenvalue weighted by atomic mass is 9.84. The van der Waals surface area contributed by atoms with E-state index in [0.29, 0.717) is 31.6 Å². The molecule has 0 aromatic heterocycles. The fourth-order valence-electron chi connectivity index (χ4n) is 1.99. The zero-order valence-electron chi connectivity index (χ0n) is 12.5. The van der Waals surface area contributed by atoms with Gasteiger partial charge in [0.25, 0.3) is 0 Å². The molecule has 0 aliphatic rings. The summed E-state index contributed by atoms with van der Waals surface area (Å²) >= 11 is 0. The predicted octanol–water partition coefficient (Wildman–Crippen LogP) is 1.28. The van der Waals surface area contributed by atoms with Crippen molar-refractivity contribution in [2.75, 3.05) is 18.8 Å². The minimum absolute atomic E-state index is 0.0283. The molecule has 5 nitrogen and oxygen atoms in total. The van der Waals surface area contributed by atoms with Gasteiger partial charge in [-0.2, -0.15) is 0 Å². The number of aryl methyl sites for hydroxylation is 1. The van der Waals surface area contributed by atoms with E-state index < -0.39 is 0 Å². The van der Waals surface area contributed by atoms with Gasteiger partial charge < -0.3 is 21.9 Å². The molecular weight excluding hydrogens is 254 g/mol. The van der Waals surface area contributed by atoms with E-state index in [2.05, 4.69) is 5.32 Å². The Kier molecular flexibility index (Phi) is 5.39. The largest absolute Gasteiger partial charge is 0.505 e. The molecule has 0 saturated carbocycles. The van der Waals surface area contributed by atoms with E-state index in [0.717, 1.165) is 11.1 Å². The maximum absolute atomic E-state index is 11.6. The molecule has 0 fully saturated rings. The molecule has 1 rings (SSSR count). The zero-order valence-corrected chi connectivity index (χ0v) is 12.5. The summed E-state index contributed by atoms with van der Waals surface area (Å²) in [6.45, 7) is 6.97. The van der Waals surface area contributed by atoms with Gasteiger partial charge in [0.15, 0.2) is 0 Å². The van der Waals surface area contributed by atoms with Crippen LogP contribution in [0.4, 0.5) is 5.69 Å². The van der Waals surface area contributed by atoms with Crippen LogP contribution in [-0.4, -0.2) is 24.1 Å². The number of benzene rings is 1. The third kappa shape index (κ3) is 4.42. The summed E-state index contributed by atoms with van der Waals surface area (Å²) in [5.74, 6) is 0.105. The van der Waals surface area contributed by atoms with E-state index in [4.69, 9.17) is 11.5 Å². The molecule has 0 aliphatic heterocycles. The van der Waals surface area contributed by atoms with Crippen molar-refractivity contribution in [3.8, 4) is 5.75 Å². The van der Waals surface area contributed by atoms with Crippen LogP contribution in [0.15, 0.2) is 12.1 Å². The summed E-state index contributed by atoms with van der Waals surface area (Å²) in [6, 6.07) is 3.64. The van der Waals surface area contributed by atoms with Crippen molar-refractivity contribution in [2.24, 2.45) is 5.73 Å². The minimum Gasteiger partial charge on any atom is -0.505 e. The molecule has 0 unspecified atom stereocenters. The molecule has 5 heteroatoms. The topological polar surface area (TPSA) is 101 Å². The predicted molar refractivity (Wildman–Crippen MR) is 81.6 cm³/mol. The van der Waals surface area contributed by atoms with Gasteiger partial charge in [-0.15, -0.1) is 0 Å². The number of phenolic OH excluding ortho intramolecular Hbond substituents is 1. The molecule has 0 radical (unpaired) electrons. The van der Waals surface area contributed by atoms with Crippen molar-refractivity contribution in [2.45, 2.75) is 39.0 Å². The van der Waals surface area contributed by atoms with Crippen LogP contribution in [0.2, 0.25) is 0 Å². The van der Waals surface area contributed by atoms with Crippen molar-refractivity contribution < 1.29 is 9.90 Å². The molecule has 0 atom stereocenters. The van der Waals surface area contributed by atoms with Gasteiger partial charge in [0.1, 0.15) is 5.75 Å². The molecule has 0 spiro atoms. The van der Waals surface area contributed by atoms with Crippen LogP contribution in [0.5, 0.6) is 5.75 Å². The van der Waals surface area contributed by atoms with Crippen LogP contribution in [0.1, 0.15) is 38.3 Å². The summed E-state index contributed by atoms with van der Waals surface area (Å²) in [5, 5.41) is 12.8. The van der Waals surface area contributed by atoms with E-state index in [1.54, 1.807) is 6.07 Å². The van der Waals surface area contributed by atoms with Crippen LogP contribution in [0.3, 0.4) is 0 Å². The fraction of sp³-hybridized carbons (Fsp3) is 0.533. The van der Waals surface area contributed by atoms with Crippen molar-refractivity contribution in [1.29, 1.82) is 0 Å². The number of nitrogens with one attached hydrogen (secondary N) is 1. The molecular formula is C15H25N3O2. The maximum Gasteiger partial charge on any atom is 0.220 e. The van der Waals surface area contributed by atoms with Crippen molar-refractivity contribution >= 4 is 11.6 Å². The highest BCUT2D eigenvalue weighted by atomic mass is 16.3. The number of anilines is 1. The van der Waals surface area contributed by atoms with Gasteiger partial charge in [0, 0.05) is 25.1 Å². The second kappa shape index (κ2) is 6.61. The van der Waals surface area contributed by atoms with E-state index >= 15 is 0 Å². The first kappa shape index (κ1) is 16.3. The van der Waals surface area contributed by atoms with Gasteiger partial charge in [-0.1, -0.05) is 26.8 Å². The second-order valence-electron chi connectivity index (χ2n) is 5.97. The quantitative estimate of drug-likeness (QED) is 0.481. The van der Waals surface area contributed by atoms with Crippen LogP contribution < -0.4 is 16.8 Å². The first-order valence-corrected chi connectivity index (χ1v) is 6.84. The van der Waals surface area contributed by atoms with Crippen molar-refractivity contribution in [3.05, 3.63) is 23.3 Å². The number of phenols is 1. The van der Waals surface area contributed by atoms with Crippen LogP contribution in [0, 0.1) is 0 Å². The zero-order chi connectivity index (χ0) is 15.3. The average Bonchev–Trinajstić information content (AvgIpc) is 2.36. The van der Waals surface area contributed by atoms with Crippen LogP contribution in [-0.2, 0) is 16.6 Å². The average molecular weight is 279 g/mol. The lowest BCUT2D eigenvalue weighted by molar-refractivity contribution is -0.120. The third-order valence-corrected chi connectivity index (χ3v) is 3.11. The number of carbonyl (C=O) groups is 1. The number of amides is 1. The Bertz CT molecular complexity index is 479. The number of aromatic hydroxyl groups is 1.